The highest BCUT2D eigenvalue weighted by Gasteiger charge is 2.36. The molecule has 0 spiro atoms. The molecule has 0 radical (unpaired) electrons. The molecule has 380 valence electrons. The number of esters is 1. The number of Topliss-reactive ketones (excluding diaryl/α,β-unsaturated/α-hetero) is 1. The second-order valence-corrected chi connectivity index (χ2v) is 18.1. The van der Waals surface area contributed by atoms with Gasteiger partial charge in [0.15, 0.2) is 11.4 Å². The van der Waals surface area contributed by atoms with Crippen LogP contribution in [-0.2, 0) is 42.8 Å². The lowest BCUT2D eigenvalue weighted by atomic mass is 9.84. The number of azide groups is 1. The van der Waals surface area contributed by atoms with Crippen LogP contribution in [0, 0.1) is 35.5 Å². The van der Waals surface area contributed by atoms with Gasteiger partial charge in [-0.25, -0.2) is 19.7 Å². The van der Waals surface area contributed by atoms with Crippen LogP contribution in [0.4, 0.5) is 4.79 Å². The first-order valence-electron chi connectivity index (χ1n) is 23.2. The Morgan fingerprint density at radius 1 is 0.971 bits per heavy atom. The molecular weight excluding hydrogens is 897 g/mol. The molecule has 21 heteroatoms. The summed E-state index contributed by atoms with van der Waals surface area (Å²) in [7, 11) is 7.84. The van der Waals surface area contributed by atoms with Gasteiger partial charge >= 0.3 is 12.1 Å². The summed E-state index contributed by atoms with van der Waals surface area (Å²) in [5.74, 6) is -1.90. The van der Waals surface area contributed by atoms with Crippen LogP contribution in [-0.4, -0.2) is 116 Å². The normalized spacial score (nSPS) is 25.6. The number of primary amides is 1. The summed E-state index contributed by atoms with van der Waals surface area (Å²) in [6.07, 6.45) is 8.53. The van der Waals surface area contributed by atoms with Crippen molar-refractivity contribution in [3.8, 4) is 23.2 Å². The van der Waals surface area contributed by atoms with Gasteiger partial charge in [-0.05, 0) is 55.0 Å². The van der Waals surface area contributed by atoms with Crippen molar-refractivity contribution < 1.29 is 60.9 Å². The molecule has 0 aliphatic carbocycles. The number of nitrogens with zero attached hydrogens (tertiary/aromatic N) is 7. The third-order valence-electron chi connectivity index (χ3n) is 13.0. The van der Waals surface area contributed by atoms with Gasteiger partial charge in [-0.3, -0.25) is 14.4 Å². The summed E-state index contributed by atoms with van der Waals surface area (Å²) in [5, 5.41) is 4.11. The number of carbonyl (C=O) groups is 4. The van der Waals surface area contributed by atoms with Crippen LogP contribution in [0.2, 0.25) is 0 Å². The number of cyclic esters (lactones) is 1. The molecule has 4 heterocycles. The van der Waals surface area contributed by atoms with E-state index in [4.69, 9.17) is 47.4 Å². The average molecular weight is 967 g/mol. The van der Waals surface area contributed by atoms with Gasteiger partial charge in [0.25, 0.3) is 0 Å². The number of hydrogen-bond acceptors (Lipinski definition) is 17. The third kappa shape index (κ3) is 16.1. The molecule has 13 atom stereocenters. The maximum atomic E-state index is 14.1. The van der Waals surface area contributed by atoms with Crippen molar-refractivity contribution in [2.24, 2.45) is 46.4 Å². The Hall–Kier alpha value is -5.86. The first-order valence-corrected chi connectivity index (χ1v) is 23.2. The van der Waals surface area contributed by atoms with E-state index >= 15 is 0 Å². The molecule has 1 aliphatic rings. The number of methoxy groups -OCH3 is 4. The van der Waals surface area contributed by atoms with E-state index in [0.717, 1.165) is 0 Å². The highest BCUT2D eigenvalue weighted by Crippen LogP contribution is 2.35. The van der Waals surface area contributed by atoms with Crippen LogP contribution in [0.1, 0.15) is 104 Å². The smallest absolute Gasteiger partial charge is 0.404 e. The number of hydrogen-bond donors (Lipinski definition) is 1. The van der Waals surface area contributed by atoms with Crippen molar-refractivity contribution in [1.82, 2.24) is 19.9 Å². The molecule has 4 rings (SSSR count). The zero-order valence-corrected chi connectivity index (χ0v) is 41.6. The van der Waals surface area contributed by atoms with Gasteiger partial charge < -0.3 is 52.3 Å². The number of aromatic nitrogens is 3. The quantitative estimate of drug-likeness (QED) is 0.0411. The SMILES string of the molecule is CO[C@H]([C@H](C)/C=C/N(C)C=O)[C@@H](C)C(=O)CC[C@H](C)[C@@H](C[C@@H]1OC(=O)CC(OC(N)=O)C[C@H](C)C[C@@H](N=[N+]=[N-])[C@H](C)[C@@H](OC)c2coc(n2)-c2coc(n2)-c2coc(n2)/C=C/C[C@H](OC)[C@H]1C)OC. The zero-order valence-electron chi connectivity index (χ0n) is 41.6. The number of ether oxygens (including phenoxy) is 6. The van der Waals surface area contributed by atoms with Crippen molar-refractivity contribution in [3.05, 3.63) is 59.2 Å². The first kappa shape index (κ1) is 55.7. The number of fused-ring (bicyclic) bond motifs is 8. The van der Waals surface area contributed by atoms with E-state index in [1.54, 1.807) is 40.7 Å². The lowest BCUT2D eigenvalue weighted by molar-refractivity contribution is -0.160. The van der Waals surface area contributed by atoms with Gasteiger partial charge in [0, 0.05) is 83.2 Å². The van der Waals surface area contributed by atoms with Crippen molar-refractivity contribution >= 4 is 30.3 Å². The number of oxazole rings is 3. The monoisotopic (exact) mass is 967 g/mol. The molecule has 2 amide bonds. The van der Waals surface area contributed by atoms with Crippen molar-refractivity contribution in [2.45, 2.75) is 129 Å². The molecular formula is C48H70N8O13. The number of nitrogens with two attached hydrogens (primary N) is 1. The Morgan fingerprint density at radius 2 is 1.67 bits per heavy atom. The first-order chi connectivity index (χ1) is 33.0. The third-order valence-corrected chi connectivity index (χ3v) is 13.0. The topological polar surface area (TPSA) is 280 Å². The van der Waals surface area contributed by atoms with E-state index in [1.807, 2.05) is 53.7 Å². The second-order valence-electron chi connectivity index (χ2n) is 18.1. The van der Waals surface area contributed by atoms with Gasteiger partial charge in [0.1, 0.15) is 48.6 Å². The maximum absolute atomic E-state index is 14.1. The van der Waals surface area contributed by atoms with E-state index in [0.29, 0.717) is 42.8 Å². The van der Waals surface area contributed by atoms with Crippen LogP contribution in [0.15, 0.2) is 55.5 Å². The minimum Gasteiger partial charge on any atom is -0.462 e. The molecule has 0 aromatic carbocycles. The highest BCUT2D eigenvalue weighted by molar-refractivity contribution is 5.81. The molecule has 1 aliphatic heterocycles. The molecule has 1 unspecified atom stereocenters. The van der Waals surface area contributed by atoms with Crippen LogP contribution in [0.5, 0.6) is 0 Å². The number of carbonyl (C=O) groups excluding carboxylic acids is 4. The summed E-state index contributed by atoms with van der Waals surface area (Å²) in [4.78, 5) is 69.1. The van der Waals surface area contributed by atoms with Gasteiger partial charge in [-0.15, -0.1) is 0 Å². The van der Waals surface area contributed by atoms with E-state index in [9.17, 15) is 24.7 Å². The number of rotatable bonds is 18. The standard InChI is InChI=1S/C48H70N8O13/c1-27-19-33(68-48(49)60)21-43(59)69-41(22-40(62-9)28(2)15-16-38(58)31(5)44(63-10)29(3)17-18-56(7)26-57)32(6)39(61-8)13-12-14-42-51-36(24-65-42)46-53-37(25-67-46)47-52-35(23-66-47)45(64-11)30(4)34(20-27)54-55-50/h12,14,17-18,23-34,39-41,44-45H,13,15-16,19-22H2,1-11H3,(H2,49,60)/b14-12+,18-17+/t27-,28-,29+,30-,31-,32+,33?,34+,39-,40+,41-,44+,45+/m0/s1. The average Bonchev–Trinajstić information content (AvgIpc) is 4.12. The fourth-order valence-corrected chi connectivity index (χ4v) is 8.91. The minimum absolute atomic E-state index is 0.0131. The van der Waals surface area contributed by atoms with E-state index in [1.165, 1.54) is 30.8 Å². The molecule has 69 heavy (non-hydrogen) atoms. The Kier molecular flexibility index (Phi) is 22.1. The van der Waals surface area contributed by atoms with Crippen molar-refractivity contribution in [3.63, 3.8) is 0 Å². The molecule has 2 N–H and O–H groups in total. The fraction of sp³-hybridized carbons (Fsp3) is 0.646. The van der Waals surface area contributed by atoms with Gasteiger partial charge in [-0.2, -0.15) is 0 Å². The van der Waals surface area contributed by atoms with E-state index in [2.05, 4.69) is 25.0 Å². The molecule has 0 saturated heterocycles. The number of ketones is 1. The van der Waals surface area contributed by atoms with Crippen LogP contribution < -0.4 is 5.73 Å². The van der Waals surface area contributed by atoms with E-state index in [-0.39, 0.29) is 66.9 Å². The van der Waals surface area contributed by atoms with Gasteiger partial charge in [0.2, 0.25) is 24.1 Å². The van der Waals surface area contributed by atoms with Gasteiger partial charge in [-0.1, -0.05) is 58.8 Å². The minimum atomic E-state index is -1.07. The maximum Gasteiger partial charge on any atom is 0.404 e. The molecule has 21 nitrogen and oxygen atoms in total. The second kappa shape index (κ2) is 27.4. The molecule has 3 aromatic heterocycles. The fourth-order valence-electron chi connectivity index (χ4n) is 8.91. The molecule has 0 saturated carbocycles. The van der Waals surface area contributed by atoms with Crippen molar-refractivity contribution in [1.29, 1.82) is 0 Å². The summed E-state index contributed by atoms with van der Waals surface area (Å²) < 4.78 is 52.7. The van der Waals surface area contributed by atoms with Crippen LogP contribution in [0.25, 0.3) is 39.7 Å². The largest absolute Gasteiger partial charge is 0.462 e. The Balaban J connectivity index is 1.64. The summed E-state index contributed by atoms with van der Waals surface area (Å²) >= 11 is 0. The highest BCUT2D eigenvalue weighted by atomic mass is 16.6. The van der Waals surface area contributed by atoms with Crippen molar-refractivity contribution in [2.75, 3.05) is 35.5 Å². The zero-order chi connectivity index (χ0) is 50.8. The van der Waals surface area contributed by atoms with Gasteiger partial charge in [0.05, 0.1) is 24.7 Å². The summed E-state index contributed by atoms with van der Waals surface area (Å²) in [6.45, 7) is 11.4. The lowest BCUT2D eigenvalue weighted by Crippen LogP contribution is -2.39. The lowest BCUT2D eigenvalue weighted by Gasteiger charge is -2.34. The summed E-state index contributed by atoms with van der Waals surface area (Å²) in [6, 6.07) is -0.634. The van der Waals surface area contributed by atoms with E-state index < -0.39 is 72.5 Å². The molecule has 3 aromatic rings. The van der Waals surface area contributed by atoms with Crippen LogP contribution in [0.3, 0.4) is 0 Å². The Labute approximate surface area is 403 Å². The predicted molar refractivity (Wildman–Crippen MR) is 251 cm³/mol. The Morgan fingerprint density at radius 3 is 2.32 bits per heavy atom. The van der Waals surface area contributed by atoms with Crippen LogP contribution >= 0.6 is 0 Å². The Bertz CT molecular complexity index is 2200. The predicted octanol–water partition coefficient (Wildman–Crippen LogP) is 8.52. The summed E-state index contributed by atoms with van der Waals surface area (Å²) in [5.41, 5.74) is 16.2. The molecule has 6 bridgehead atoms. The number of amides is 2. The molecule has 0 fully saturated rings.